The third-order valence-corrected chi connectivity index (χ3v) is 3.99. The minimum absolute atomic E-state index is 0.385. The highest BCUT2D eigenvalue weighted by Gasteiger charge is 2.16. The summed E-state index contributed by atoms with van der Waals surface area (Å²) in [5, 5.41) is 10.5. The highest BCUT2D eigenvalue weighted by atomic mass is 16.5. The van der Waals surface area contributed by atoms with Crippen LogP contribution in [0.2, 0.25) is 0 Å². The number of hydrogen-bond donors (Lipinski definition) is 1. The first-order chi connectivity index (χ1) is 11.4. The molecule has 0 aliphatic rings. The molecule has 0 aliphatic heterocycles. The molecule has 0 aliphatic carbocycles. The van der Waals surface area contributed by atoms with Crippen molar-refractivity contribution in [3.63, 3.8) is 0 Å². The van der Waals surface area contributed by atoms with Crippen LogP contribution in [0.1, 0.15) is 61.9 Å². The van der Waals surface area contributed by atoms with Gasteiger partial charge in [-0.05, 0) is 48.2 Å². The summed E-state index contributed by atoms with van der Waals surface area (Å²) in [4.78, 5) is 11.3. The Morgan fingerprint density at radius 1 is 0.958 bits per heavy atom. The predicted molar refractivity (Wildman–Crippen MR) is 95.7 cm³/mol. The third-order valence-electron chi connectivity index (χ3n) is 3.99. The van der Waals surface area contributed by atoms with Crippen molar-refractivity contribution in [1.82, 2.24) is 5.06 Å². The van der Waals surface area contributed by atoms with E-state index < -0.39 is 6.04 Å². The van der Waals surface area contributed by atoms with Crippen molar-refractivity contribution in [2.45, 2.75) is 39.7 Å². The summed E-state index contributed by atoms with van der Waals surface area (Å²) >= 11 is 0. The van der Waals surface area contributed by atoms with Crippen LogP contribution in [0.4, 0.5) is 0 Å². The fourth-order valence-corrected chi connectivity index (χ4v) is 2.39. The Morgan fingerprint density at radius 2 is 1.58 bits per heavy atom. The van der Waals surface area contributed by atoms with Gasteiger partial charge in [-0.1, -0.05) is 50.0 Å². The van der Waals surface area contributed by atoms with Gasteiger partial charge in [0.25, 0.3) is 0 Å². The molecular formula is C21H23NO2. The monoisotopic (exact) mass is 321 g/mol. The number of benzene rings is 2. The lowest BCUT2D eigenvalue weighted by Gasteiger charge is -2.21. The number of amides is 1. The van der Waals surface area contributed by atoms with Crippen LogP contribution in [0.25, 0.3) is 0 Å². The van der Waals surface area contributed by atoms with Gasteiger partial charge in [-0.3, -0.25) is 10.0 Å². The van der Waals surface area contributed by atoms with Crippen molar-refractivity contribution in [1.29, 1.82) is 0 Å². The molecule has 1 atom stereocenters. The van der Waals surface area contributed by atoms with Crippen molar-refractivity contribution in [2.75, 3.05) is 0 Å². The maximum Gasteiger partial charge on any atom is 0.243 e. The molecule has 0 fully saturated rings. The van der Waals surface area contributed by atoms with Gasteiger partial charge in [-0.15, -0.1) is 0 Å². The summed E-state index contributed by atoms with van der Waals surface area (Å²) < 4.78 is 0. The second-order valence-corrected chi connectivity index (χ2v) is 6.19. The third kappa shape index (κ3) is 4.47. The molecule has 1 amide bonds. The molecule has 0 heterocycles. The van der Waals surface area contributed by atoms with Gasteiger partial charge in [-0.25, -0.2) is 5.06 Å². The van der Waals surface area contributed by atoms with E-state index in [0.29, 0.717) is 5.92 Å². The zero-order valence-electron chi connectivity index (χ0n) is 14.6. The molecule has 2 aromatic rings. The molecule has 124 valence electrons. The van der Waals surface area contributed by atoms with Crippen LogP contribution in [0.15, 0.2) is 48.5 Å². The van der Waals surface area contributed by atoms with Gasteiger partial charge >= 0.3 is 0 Å². The second-order valence-electron chi connectivity index (χ2n) is 6.19. The Labute approximate surface area is 143 Å². The zero-order chi connectivity index (χ0) is 17.7. The summed E-state index contributed by atoms with van der Waals surface area (Å²) in [7, 11) is 0. The van der Waals surface area contributed by atoms with E-state index in [1.54, 1.807) is 6.92 Å². The molecule has 2 rings (SSSR count). The number of carbonyl (C=O) groups excluding carboxylic acids is 1. The van der Waals surface area contributed by atoms with E-state index in [0.717, 1.165) is 21.8 Å². The Morgan fingerprint density at radius 3 is 2.17 bits per heavy atom. The molecule has 0 saturated heterocycles. The van der Waals surface area contributed by atoms with Gasteiger partial charge in [0.05, 0.1) is 6.04 Å². The van der Waals surface area contributed by atoms with E-state index in [9.17, 15) is 10.0 Å². The molecule has 0 saturated carbocycles. The number of rotatable bonds is 3. The summed E-state index contributed by atoms with van der Waals surface area (Å²) in [5.74, 6) is 6.41. The van der Waals surface area contributed by atoms with Crippen molar-refractivity contribution in [3.05, 3.63) is 70.8 Å². The van der Waals surface area contributed by atoms with Crippen molar-refractivity contribution < 1.29 is 10.0 Å². The summed E-state index contributed by atoms with van der Waals surface area (Å²) in [6.07, 6.45) is 0. The smallest absolute Gasteiger partial charge is 0.243 e. The number of nitrogens with zero attached hydrogens (tertiary/aromatic N) is 1. The van der Waals surface area contributed by atoms with Crippen LogP contribution < -0.4 is 0 Å². The molecule has 1 N–H and O–H groups in total. The maximum atomic E-state index is 11.3. The van der Waals surface area contributed by atoms with Crippen LogP contribution >= 0.6 is 0 Å². The van der Waals surface area contributed by atoms with Crippen LogP contribution in [-0.2, 0) is 4.79 Å². The molecule has 0 radical (unpaired) electrons. The summed E-state index contributed by atoms with van der Waals surface area (Å²) in [5.41, 5.74) is 3.95. The summed E-state index contributed by atoms with van der Waals surface area (Å²) in [6, 6.07) is 15.4. The lowest BCUT2D eigenvalue weighted by molar-refractivity contribution is -0.172. The number of hydrogen-bond acceptors (Lipinski definition) is 2. The van der Waals surface area contributed by atoms with E-state index in [1.165, 1.54) is 12.5 Å². The van der Waals surface area contributed by atoms with E-state index >= 15 is 0 Å². The zero-order valence-corrected chi connectivity index (χ0v) is 14.6. The molecule has 24 heavy (non-hydrogen) atoms. The SMILES string of the molecule is CC(=O)N(O)C(C)c1cccc(C#Cc2ccc(C(C)C)cc2)c1. The number of carbonyl (C=O) groups is 1. The standard InChI is InChI=1S/C21H23NO2/c1-15(2)20-12-10-18(11-13-20)8-9-19-6-5-7-21(14-19)16(3)22(24)17(4)23/h5-7,10-16,24H,1-4H3. The molecule has 1 unspecified atom stereocenters. The van der Waals surface area contributed by atoms with Crippen LogP contribution in [-0.4, -0.2) is 16.2 Å². The van der Waals surface area contributed by atoms with Crippen molar-refractivity contribution in [3.8, 4) is 11.8 Å². The predicted octanol–water partition coefficient (Wildman–Crippen LogP) is 4.51. The van der Waals surface area contributed by atoms with Gasteiger partial charge < -0.3 is 0 Å². The molecule has 2 aromatic carbocycles. The van der Waals surface area contributed by atoms with Crippen LogP contribution in [0, 0.1) is 11.8 Å². The molecule has 3 nitrogen and oxygen atoms in total. The first-order valence-electron chi connectivity index (χ1n) is 8.09. The van der Waals surface area contributed by atoms with Gasteiger partial charge in [-0.2, -0.15) is 0 Å². The van der Waals surface area contributed by atoms with Crippen molar-refractivity contribution in [2.24, 2.45) is 0 Å². The van der Waals surface area contributed by atoms with Crippen LogP contribution in [0.3, 0.4) is 0 Å². The van der Waals surface area contributed by atoms with E-state index in [-0.39, 0.29) is 5.91 Å². The van der Waals surface area contributed by atoms with Gasteiger partial charge in [0, 0.05) is 18.1 Å². The summed E-state index contributed by atoms with van der Waals surface area (Å²) in [6.45, 7) is 7.44. The fourth-order valence-electron chi connectivity index (χ4n) is 2.39. The van der Waals surface area contributed by atoms with Gasteiger partial charge in [0.15, 0.2) is 0 Å². The maximum absolute atomic E-state index is 11.3. The fraction of sp³-hybridized carbons (Fsp3) is 0.286. The number of hydroxylamine groups is 2. The van der Waals surface area contributed by atoms with E-state index in [4.69, 9.17) is 0 Å². The Bertz CT molecular complexity index is 766. The molecule has 0 spiro atoms. The largest absolute Gasteiger partial charge is 0.285 e. The average molecular weight is 321 g/mol. The van der Waals surface area contributed by atoms with Crippen molar-refractivity contribution >= 4 is 5.91 Å². The second kappa shape index (κ2) is 7.81. The highest BCUT2D eigenvalue weighted by Crippen LogP contribution is 2.19. The minimum atomic E-state index is -0.408. The molecule has 0 bridgehead atoms. The normalized spacial score (nSPS) is 11.6. The Balaban J connectivity index is 2.20. The Kier molecular flexibility index (Phi) is 5.78. The molecular weight excluding hydrogens is 298 g/mol. The minimum Gasteiger partial charge on any atom is -0.285 e. The van der Waals surface area contributed by atoms with E-state index in [1.807, 2.05) is 36.4 Å². The molecule has 3 heteroatoms. The quantitative estimate of drug-likeness (QED) is 0.513. The average Bonchev–Trinajstić information content (AvgIpc) is 2.59. The van der Waals surface area contributed by atoms with E-state index in [2.05, 4.69) is 37.8 Å². The Hall–Kier alpha value is -2.57. The lowest BCUT2D eigenvalue weighted by atomic mass is 10.0. The van der Waals surface area contributed by atoms with Gasteiger partial charge in [0.2, 0.25) is 5.91 Å². The lowest BCUT2D eigenvalue weighted by Crippen LogP contribution is -2.27. The highest BCUT2D eigenvalue weighted by molar-refractivity contribution is 5.72. The first kappa shape index (κ1) is 17.8. The molecule has 0 aromatic heterocycles. The van der Waals surface area contributed by atoms with Gasteiger partial charge in [0.1, 0.15) is 0 Å². The van der Waals surface area contributed by atoms with Crippen LogP contribution in [0.5, 0.6) is 0 Å². The topological polar surface area (TPSA) is 40.5 Å². The first-order valence-corrected chi connectivity index (χ1v) is 8.09.